The highest BCUT2D eigenvalue weighted by molar-refractivity contribution is 7.89. The van der Waals surface area contributed by atoms with Gasteiger partial charge < -0.3 is 9.73 Å². The molecule has 17 heavy (non-hydrogen) atoms. The Hall–Kier alpha value is -0.850. The number of rotatable bonds is 6. The van der Waals surface area contributed by atoms with E-state index in [1.165, 1.54) is 12.8 Å². The van der Waals surface area contributed by atoms with Crippen molar-refractivity contribution in [2.75, 3.05) is 13.1 Å². The number of sulfonamides is 1. The van der Waals surface area contributed by atoms with Crippen molar-refractivity contribution in [3.63, 3.8) is 0 Å². The van der Waals surface area contributed by atoms with Crippen molar-refractivity contribution in [3.8, 4) is 0 Å². The molecule has 2 rings (SSSR count). The largest absolute Gasteiger partial charge is 0.465 e. The quantitative estimate of drug-likeness (QED) is 0.745. The summed E-state index contributed by atoms with van der Waals surface area (Å²) in [6.45, 7) is 4.47. The summed E-state index contributed by atoms with van der Waals surface area (Å²) in [7, 11) is -3.43. The molecule has 1 aromatic heterocycles. The molecule has 0 radical (unpaired) electrons. The molecule has 0 unspecified atom stereocenters. The molecule has 1 saturated carbocycles. The van der Waals surface area contributed by atoms with E-state index in [0.717, 1.165) is 0 Å². The number of aryl methyl sites for hydroxylation is 2. The molecule has 0 aromatic carbocycles. The maximum absolute atomic E-state index is 11.9. The zero-order valence-corrected chi connectivity index (χ0v) is 10.9. The van der Waals surface area contributed by atoms with Gasteiger partial charge in [0.25, 0.3) is 0 Å². The predicted octanol–water partition coefficient (Wildman–Crippen LogP) is 0.927. The summed E-state index contributed by atoms with van der Waals surface area (Å²) in [4.78, 5) is 0.237. The lowest BCUT2D eigenvalue weighted by Crippen LogP contribution is -2.32. The van der Waals surface area contributed by atoms with E-state index in [2.05, 4.69) is 10.0 Å². The van der Waals surface area contributed by atoms with E-state index < -0.39 is 10.0 Å². The van der Waals surface area contributed by atoms with E-state index in [1.807, 2.05) is 0 Å². The van der Waals surface area contributed by atoms with Crippen molar-refractivity contribution in [2.45, 2.75) is 37.6 Å². The van der Waals surface area contributed by atoms with Crippen molar-refractivity contribution in [1.29, 1.82) is 0 Å². The molecule has 0 aliphatic heterocycles. The summed E-state index contributed by atoms with van der Waals surface area (Å²) in [6.07, 6.45) is 2.40. The normalized spacial score (nSPS) is 16.4. The first kappa shape index (κ1) is 12.6. The standard InChI is InChI=1S/C11H18N2O3S/c1-8-7-11(9(2)16-8)17(14,15)13-6-5-12-10-3-4-10/h7,10,12-13H,3-6H2,1-2H3. The third-order valence-electron chi connectivity index (χ3n) is 2.71. The molecule has 96 valence electrons. The Morgan fingerprint density at radius 1 is 1.35 bits per heavy atom. The fourth-order valence-electron chi connectivity index (χ4n) is 1.70. The van der Waals surface area contributed by atoms with Crippen molar-refractivity contribution >= 4 is 10.0 Å². The molecule has 0 saturated heterocycles. The molecule has 0 spiro atoms. The summed E-state index contributed by atoms with van der Waals surface area (Å²) in [5.74, 6) is 1.05. The molecule has 1 fully saturated rings. The van der Waals surface area contributed by atoms with E-state index >= 15 is 0 Å². The Balaban J connectivity index is 1.90. The van der Waals surface area contributed by atoms with Crippen molar-refractivity contribution < 1.29 is 12.8 Å². The molecular weight excluding hydrogens is 240 g/mol. The Morgan fingerprint density at radius 2 is 2.06 bits per heavy atom. The van der Waals surface area contributed by atoms with Gasteiger partial charge in [0, 0.05) is 19.1 Å². The van der Waals surface area contributed by atoms with Gasteiger partial charge in [0.15, 0.2) is 0 Å². The van der Waals surface area contributed by atoms with Crippen LogP contribution in [0.2, 0.25) is 0 Å². The van der Waals surface area contributed by atoms with Crippen LogP contribution in [-0.2, 0) is 10.0 Å². The van der Waals surface area contributed by atoms with E-state index in [0.29, 0.717) is 30.7 Å². The van der Waals surface area contributed by atoms with Gasteiger partial charge in [-0.2, -0.15) is 0 Å². The molecule has 1 aliphatic carbocycles. The van der Waals surface area contributed by atoms with Gasteiger partial charge in [-0.25, -0.2) is 13.1 Å². The first-order chi connectivity index (χ1) is 7.99. The van der Waals surface area contributed by atoms with Gasteiger partial charge in [-0.15, -0.1) is 0 Å². The van der Waals surface area contributed by atoms with Crippen LogP contribution in [0.15, 0.2) is 15.4 Å². The summed E-state index contributed by atoms with van der Waals surface area (Å²) in [6, 6.07) is 2.14. The maximum atomic E-state index is 11.9. The van der Waals surface area contributed by atoms with Gasteiger partial charge in [-0.1, -0.05) is 0 Å². The number of nitrogens with one attached hydrogen (secondary N) is 2. The number of furan rings is 1. The number of hydrogen-bond donors (Lipinski definition) is 2. The van der Waals surface area contributed by atoms with E-state index in [9.17, 15) is 8.42 Å². The molecule has 0 amide bonds. The summed E-state index contributed by atoms with van der Waals surface area (Å²) >= 11 is 0. The fourth-order valence-corrected chi connectivity index (χ4v) is 2.97. The van der Waals surface area contributed by atoms with Crippen LogP contribution < -0.4 is 10.0 Å². The highest BCUT2D eigenvalue weighted by Crippen LogP contribution is 2.19. The molecule has 6 heteroatoms. The smallest absolute Gasteiger partial charge is 0.244 e. The highest BCUT2D eigenvalue weighted by Gasteiger charge is 2.22. The second-order valence-corrected chi connectivity index (χ2v) is 6.14. The maximum Gasteiger partial charge on any atom is 0.244 e. The summed E-state index contributed by atoms with van der Waals surface area (Å²) < 4.78 is 31.6. The van der Waals surface area contributed by atoms with Crippen LogP contribution in [0.1, 0.15) is 24.4 Å². The van der Waals surface area contributed by atoms with Gasteiger partial charge in [0.2, 0.25) is 10.0 Å². The van der Waals surface area contributed by atoms with Crippen molar-refractivity contribution in [3.05, 3.63) is 17.6 Å². The van der Waals surface area contributed by atoms with Crippen LogP contribution in [0.4, 0.5) is 0 Å². The van der Waals surface area contributed by atoms with Crippen LogP contribution in [0.5, 0.6) is 0 Å². The summed E-state index contributed by atoms with van der Waals surface area (Å²) in [5.41, 5.74) is 0. The minimum atomic E-state index is -3.43. The van der Waals surface area contributed by atoms with Crippen molar-refractivity contribution in [1.82, 2.24) is 10.0 Å². The molecule has 1 aromatic rings. The third kappa shape index (κ3) is 3.31. The number of hydrogen-bond acceptors (Lipinski definition) is 4. The average Bonchev–Trinajstić information content (AvgIpc) is 2.99. The Morgan fingerprint density at radius 3 is 2.59 bits per heavy atom. The van der Waals surface area contributed by atoms with Crippen LogP contribution in [-0.4, -0.2) is 27.5 Å². The van der Waals surface area contributed by atoms with Gasteiger partial charge >= 0.3 is 0 Å². The van der Waals surface area contributed by atoms with E-state index in [-0.39, 0.29) is 4.90 Å². The summed E-state index contributed by atoms with van der Waals surface area (Å²) in [5, 5.41) is 3.25. The van der Waals surface area contributed by atoms with Gasteiger partial charge in [0.1, 0.15) is 16.4 Å². The second-order valence-electron chi connectivity index (χ2n) is 4.40. The molecule has 1 heterocycles. The average molecular weight is 258 g/mol. The molecule has 1 aliphatic rings. The van der Waals surface area contributed by atoms with Crippen molar-refractivity contribution in [2.24, 2.45) is 0 Å². The Labute approximate surface area is 102 Å². The Kier molecular flexibility index (Phi) is 3.56. The lowest BCUT2D eigenvalue weighted by molar-refractivity contribution is 0.495. The minimum absolute atomic E-state index is 0.237. The minimum Gasteiger partial charge on any atom is -0.465 e. The monoisotopic (exact) mass is 258 g/mol. The first-order valence-electron chi connectivity index (χ1n) is 5.79. The van der Waals surface area contributed by atoms with Crippen LogP contribution in [0, 0.1) is 13.8 Å². The second kappa shape index (κ2) is 4.80. The lowest BCUT2D eigenvalue weighted by atomic mass is 10.4. The lowest BCUT2D eigenvalue weighted by Gasteiger charge is -2.06. The van der Waals surface area contributed by atoms with E-state index in [1.54, 1.807) is 19.9 Å². The first-order valence-corrected chi connectivity index (χ1v) is 7.27. The predicted molar refractivity (Wildman–Crippen MR) is 64.4 cm³/mol. The van der Waals surface area contributed by atoms with Gasteiger partial charge in [0.05, 0.1) is 0 Å². The molecule has 0 atom stereocenters. The zero-order chi connectivity index (χ0) is 12.5. The third-order valence-corrected chi connectivity index (χ3v) is 4.28. The van der Waals surface area contributed by atoms with E-state index in [4.69, 9.17) is 4.42 Å². The highest BCUT2D eigenvalue weighted by atomic mass is 32.2. The van der Waals surface area contributed by atoms with Crippen LogP contribution in [0.3, 0.4) is 0 Å². The zero-order valence-electron chi connectivity index (χ0n) is 10.1. The fraction of sp³-hybridized carbons (Fsp3) is 0.636. The van der Waals surface area contributed by atoms with Crippen LogP contribution >= 0.6 is 0 Å². The van der Waals surface area contributed by atoms with Crippen LogP contribution in [0.25, 0.3) is 0 Å². The topological polar surface area (TPSA) is 71.3 Å². The van der Waals surface area contributed by atoms with Gasteiger partial charge in [-0.3, -0.25) is 0 Å². The molecule has 0 bridgehead atoms. The SMILES string of the molecule is Cc1cc(S(=O)(=O)NCCNC2CC2)c(C)o1. The molecule has 2 N–H and O–H groups in total. The Bertz CT molecular complexity index is 489. The molecular formula is C11H18N2O3S. The molecule has 5 nitrogen and oxygen atoms in total. The van der Waals surface area contributed by atoms with Gasteiger partial charge in [-0.05, 0) is 32.8 Å².